The topological polar surface area (TPSA) is 83.8 Å². The van der Waals surface area contributed by atoms with Gasteiger partial charge in [-0.3, -0.25) is 0 Å². The zero-order valence-corrected chi connectivity index (χ0v) is 8.01. The van der Waals surface area contributed by atoms with Crippen molar-refractivity contribution in [2.75, 3.05) is 0 Å². The highest BCUT2D eigenvalue weighted by molar-refractivity contribution is 5.91. The molecule has 0 fully saturated rings. The van der Waals surface area contributed by atoms with E-state index in [-0.39, 0.29) is 11.3 Å². The number of ether oxygens (including phenoxy) is 1. The van der Waals surface area contributed by atoms with Crippen molar-refractivity contribution in [2.45, 2.75) is 13.0 Å². The lowest BCUT2D eigenvalue weighted by molar-refractivity contribution is -0.144. The molecule has 0 aromatic heterocycles. The lowest BCUT2D eigenvalue weighted by Crippen LogP contribution is -2.23. The van der Waals surface area contributed by atoms with Gasteiger partial charge in [-0.1, -0.05) is 12.1 Å². The van der Waals surface area contributed by atoms with Gasteiger partial charge < -0.3 is 14.9 Å². The first-order valence-electron chi connectivity index (χ1n) is 4.24. The lowest BCUT2D eigenvalue weighted by Gasteiger charge is -2.11. The van der Waals surface area contributed by atoms with Crippen LogP contribution in [0.3, 0.4) is 0 Å². The van der Waals surface area contributed by atoms with Gasteiger partial charge in [0, 0.05) is 0 Å². The van der Waals surface area contributed by atoms with Gasteiger partial charge in [-0.15, -0.1) is 0 Å². The van der Waals surface area contributed by atoms with Gasteiger partial charge in [0.25, 0.3) is 0 Å². The van der Waals surface area contributed by atoms with Crippen LogP contribution in [0.25, 0.3) is 0 Å². The Balaban J connectivity index is 2.94. The second-order valence-corrected chi connectivity index (χ2v) is 2.90. The first kappa shape index (κ1) is 11.0. The zero-order chi connectivity index (χ0) is 11.4. The van der Waals surface area contributed by atoms with Crippen molar-refractivity contribution >= 4 is 11.9 Å². The Bertz CT molecular complexity index is 385. The molecule has 0 saturated carbocycles. The predicted molar refractivity (Wildman–Crippen MR) is 51.1 cm³/mol. The molecule has 5 nitrogen and oxygen atoms in total. The summed E-state index contributed by atoms with van der Waals surface area (Å²) in [6.45, 7) is 1.33. The van der Waals surface area contributed by atoms with Gasteiger partial charge in [0.15, 0.2) is 6.10 Å². The SMILES string of the molecule is CC(Oc1ccccc1C(=O)O)C(=O)O. The molecule has 80 valence electrons. The fourth-order valence-corrected chi connectivity index (χ4v) is 0.987. The Morgan fingerprint density at radius 1 is 1.27 bits per heavy atom. The maximum atomic E-state index is 10.7. The smallest absolute Gasteiger partial charge is 0.344 e. The van der Waals surface area contributed by atoms with Gasteiger partial charge in [-0.05, 0) is 19.1 Å². The Labute approximate surface area is 85.9 Å². The van der Waals surface area contributed by atoms with E-state index < -0.39 is 18.0 Å². The summed E-state index contributed by atoms with van der Waals surface area (Å²) in [4.78, 5) is 21.3. The summed E-state index contributed by atoms with van der Waals surface area (Å²) < 4.78 is 4.99. The lowest BCUT2D eigenvalue weighted by atomic mass is 10.2. The zero-order valence-electron chi connectivity index (χ0n) is 8.01. The van der Waals surface area contributed by atoms with Crippen molar-refractivity contribution in [1.29, 1.82) is 0 Å². The van der Waals surface area contributed by atoms with Gasteiger partial charge >= 0.3 is 11.9 Å². The van der Waals surface area contributed by atoms with Crippen LogP contribution in [0.1, 0.15) is 17.3 Å². The van der Waals surface area contributed by atoms with E-state index in [4.69, 9.17) is 14.9 Å². The number of aromatic carboxylic acids is 1. The number of rotatable bonds is 4. The third-order valence-electron chi connectivity index (χ3n) is 1.77. The van der Waals surface area contributed by atoms with E-state index in [2.05, 4.69) is 0 Å². The summed E-state index contributed by atoms with van der Waals surface area (Å²) >= 11 is 0. The van der Waals surface area contributed by atoms with Gasteiger partial charge in [0.05, 0.1) is 0 Å². The molecular weight excluding hydrogens is 200 g/mol. The molecule has 0 bridgehead atoms. The van der Waals surface area contributed by atoms with E-state index in [0.717, 1.165) is 0 Å². The third kappa shape index (κ3) is 2.70. The van der Waals surface area contributed by atoms with Crippen LogP contribution in [-0.4, -0.2) is 28.3 Å². The molecule has 0 aliphatic rings. The predicted octanol–water partition coefficient (Wildman–Crippen LogP) is 1.24. The minimum absolute atomic E-state index is 0.0504. The standard InChI is InChI=1S/C10H10O5/c1-6(9(11)12)15-8-5-3-2-4-7(8)10(13)14/h2-6H,1H3,(H,11,12)(H,13,14). The molecule has 0 saturated heterocycles. The van der Waals surface area contributed by atoms with E-state index >= 15 is 0 Å². The summed E-state index contributed by atoms with van der Waals surface area (Å²) in [7, 11) is 0. The number of carbonyl (C=O) groups is 2. The molecule has 1 aromatic rings. The van der Waals surface area contributed by atoms with Crippen molar-refractivity contribution in [2.24, 2.45) is 0 Å². The van der Waals surface area contributed by atoms with Crippen molar-refractivity contribution in [3.8, 4) is 5.75 Å². The average Bonchev–Trinajstić information content (AvgIpc) is 2.18. The quantitative estimate of drug-likeness (QED) is 0.780. The highest BCUT2D eigenvalue weighted by Gasteiger charge is 2.16. The molecule has 0 radical (unpaired) electrons. The summed E-state index contributed by atoms with van der Waals surface area (Å²) in [5, 5.41) is 17.4. The summed E-state index contributed by atoms with van der Waals surface area (Å²) in [6.07, 6.45) is -1.08. The highest BCUT2D eigenvalue weighted by atomic mass is 16.5. The normalized spacial score (nSPS) is 11.8. The largest absolute Gasteiger partial charge is 0.479 e. The van der Waals surface area contributed by atoms with Crippen LogP contribution in [-0.2, 0) is 4.79 Å². The molecule has 1 atom stereocenters. The van der Waals surface area contributed by atoms with E-state index in [0.29, 0.717) is 0 Å². The van der Waals surface area contributed by atoms with Crippen LogP contribution in [0.4, 0.5) is 0 Å². The second-order valence-electron chi connectivity index (χ2n) is 2.90. The maximum absolute atomic E-state index is 10.7. The molecule has 0 heterocycles. The van der Waals surface area contributed by atoms with Crippen molar-refractivity contribution in [1.82, 2.24) is 0 Å². The first-order valence-corrected chi connectivity index (χ1v) is 4.24. The fourth-order valence-electron chi connectivity index (χ4n) is 0.987. The van der Waals surface area contributed by atoms with Crippen LogP contribution in [0.2, 0.25) is 0 Å². The highest BCUT2D eigenvalue weighted by Crippen LogP contribution is 2.19. The Hall–Kier alpha value is -2.04. The maximum Gasteiger partial charge on any atom is 0.344 e. The van der Waals surface area contributed by atoms with Gasteiger partial charge in [-0.2, -0.15) is 0 Å². The number of hydrogen-bond donors (Lipinski definition) is 2. The van der Waals surface area contributed by atoms with Crippen molar-refractivity contribution in [3.63, 3.8) is 0 Å². The number of para-hydroxylation sites is 1. The average molecular weight is 210 g/mol. The minimum atomic E-state index is -1.15. The summed E-state index contributed by atoms with van der Waals surface area (Å²) in [6, 6.07) is 5.90. The Kier molecular flexibility index (Phi) is 3.28. The number of carboxylic acid groups (broad SMARTS) is 2. The molecule has 1 rings (SSSR count). The Morgan fingerprint density at radius 3 is 2.40 bits per heavy atom. The summed E-state index contributed by atoms with van der Waals surface area (Å²) in [5.74, 6) is -2.24. The van der Waals surface area contributed by atoms with E-state index in [9.17, 15) is 9.59 Å². The fraction of sp³-hybridized carbons (Fsp3) is 0.200. The van der Waals surface area contributed by atoms with E-state index in [1.165, 1.54) is 19.1 Å². The molecule has 0 aliphatic heterocycles. The molecule has 0 amide bonds. The molecule has 0 aliphatic carbocycles. The van der Waals surface area contributed by atoms with E-state index in [1.807, 2.05) is 0 Å². The second kappa shape index (κ2) is 4.45. The monoisotopic (exact) mass is 210 g/mol. The first-order chi connectivity index (χ1) is 7.02. The van der Waals surface area contributed by atoms with Crippen molar-refractivity contribution in [3.05, 3.63) is 29.8 Å². The van der Waals surface area contributed by atoms with E-state index in [1.54, 1.807) is 12.1 Å². The summed E-state index contributed by atoms with van der Waals surface area (Å²) in [5.41, 5.74) is -0.0504. The molecular formula is C10H10O5. The van der Waals surface area contributed by atoms with Crippen LogP contribution < -0.4 is 4.74 Å². The van der Waals surface area contributed by atoms with Crippen LogP contribution >= 0.6 is 0 Å². The molecule has 15 heavy (non-hydrogen) atoms. The molecule has 0 spiro atoms. The number of carboxylic acids is 2. The minimum Gasteiger partial charge on any atom is -0.479 e. The third-order valence-corrected chi connectivity index (χ3v) is 1.77. The van der Waals surface area contributed by atoms with Crippen LogP contribution in [0.15, 0.2) is 24.3 Å². The molecule has 2 N–H and O–H groups in total. The van der Waals surface area contributed by atoms with Gasteiger partial charge in [0.2, 0.25) is 0 Å². The van der Waals surface area contributed by atoms with Crippen molar-refractivity contribution < 1.29 is 24.5 Å². The van der Waals surface area contributed by atoms with Gasteiger partial charge in [-0.25, -0.2) is 9.59 Å². The van der Waals surface area contributed by atoms with Gasteiger partial charge in [0.1, 0.15) is 11.3 Å². The molecule has 1 unspecified atom stereocenters. The number of benzene rings is 1. The van der Waals surface area contributed by atoms with Crippen LogP contribution in [0.5, 0.6) is 5.75 Å². The van der Waals surface area contributed by atoms with Crippen LogP contribution in [0, 0.1) is 0 Å². The molecule has 5 heteroatoms. The Morgan fingerprint density at radius 2 is 1.87 bits per heavy atom. The number of hydrogen-bond acceptors (Lipinski definition) is 3. The molecule has 1 aromatic carbocycles. The number of aliphatic carboxylic acids is 1.